The van der Waals surface area contributed by atoms with E-state index in [1.54, 1.807) is 0 Å². The number of hydrogen-bond acceptors (Lipinski definition) is 6. The van der Waals surface area contributed by atoms with Crippen LogP contribution in [0, 0.1) is 0 Å². The van der Waals surface area contributed by atoms with Gasteiger partial charge in [-0.2, -0.15) is 12.4 Å². The second-order valence-corrected chi connectivity index (χ2v) is 35.9. The molecule has 0 amide bonds. The van der Waals surface area contributed by atoms with Crippen molar-refractivity contribution < 1.29 is 58.4 Å². The maximum absolute atomic E-state index is 4.94. The average Bonchev–Trinajstić information content (AvgIpc) is 1.65. The van der Waals surface area contributed by atoms with Crippen LogP contribution in [0.2, 0.25) is 0 Å². The average molecular weight is 2030 g/mol. The SMILES string of the molecule is [Zn+2].[Zn+2].[Zn+2].c1ccc(-c2cccc3c4ccccc4c4cc[n-]c4c23)nc1.c1ccc(-c2cccc3c4ccccc4c4cc[n-]c4c23)nc1.c1ccc(-c2cccc3ccc4c5ccccc5[n-]c4c23)nc1.c1ccc(-c2cccc3ccc4c5ccccc5[n-]c4c23)nc1.c1ccc2c(c1)[n-]c1c(-n3c4ccccc4c4cccnc43)cccc12.c1ccc2c(c1)[n-]c1c(-n3c4ccccc4c4cccnc43)cccc12. The Bertz CT molecular complexity index is 9910. The van der Waals surface area contributed by atoms with Crippen molar-refractivity contribution in [2.75, 3.05) is 0 Å². The molecule has 32 aromatic rings. The van der Waals surface area contributed by atoms with Gasteiger partial charge in [0.15, 0.2) is 0 Å². The van der Waals surface area contributed by atoms with Crippen LogP contribution in [0.25, 0.3) is 274 Å². The molecule has 0 N–H and O–H groups in total. The fourth-order valence-electron chi connectivity index (χ4n) is 21.7. The number of rotatable bonds is 6. The van der Waals surface area contributed by atoms with Crippen LogP contribution in [-0.4, -0.2) is 39.0 Å². The Labute approximate surface area is 880 Å². The molecule has 0 spiro atoms. The quantitative estimate of drug-likeness (QED) is 0.114. The molecule has 0 radical (unpaired) electrons. The van der Waals surface area contributed by atoms with Crippen molar-refractivity contribution >= 4 is 218 Å². The van der Waals surface area contributed by atoms with Gasteiger partial charge < -0.3 is 29.9 Å². The van der Waals surface area contributed by atoms with Crippen molar-refractivity contribution in [3.8, 4) is 56.4 Å². The van der Waals surface area contributed by atoms with Gasteiger partial charge in [-0.3, -0.25) is 29.1 Å². The van der Waals surface area contributed by atoms with Gasteiger partial charge in [-0.1, -0.05) is 340 Å². The first-order valence-electron chi connectivity index (χ1n) is 48.2. The number of aromatic nitrogens is 14. The third-order valence-electron chi connectivity index (χ3n) is 27.9. The van der Waals surface area contributed by atoms with Crippen LogP contribution in [0.1, 0.15) is 0 Å². The summed E-state index contributed by atoms with van der Waals surface area (Å²) in [5, 5.41) is 31.4. The first kappa shape index (κ1) is 91.6. The van der Waals surface area contributed by atoms with E-state index < -0.39 is 0 Å². The van der Waals surface area contributed by atoms with Crippen molar-refractivity contribution in [2.45, 2.75) is 0 Å². The van der Waals surface area contributed by atoms with E-state index in [1.807, 2.05) is 135 Å². The molecule has 14 nitrogen and oxygen atoms in total. The van der Waals surface area contributed by atoms with E-state index in [9.17, 15) is 0 Å². The Hall–Kier alpha value is -17.8. The van der Waals surface area contributed by atoms with E-state index in [4.69, 9.17) is 29.9 Å². The van der Waals surface area contributed by atoms with Gasteiger partial charge in [0.25, 0.3) is 0 Å². The number of pyridine rings is 6. The summed E-state index contributed by atoms with van der Waals surface area (Å²) in [7, 11) is 0. The summed E-state index contributed by atoms with van der Waals surface area (Å²) in [5.41, 5.74) is 25.3. The van der Waals surface area contributed by atoms with Gasteiger partial charge in [0.2, 0.25) is 0 Å². The van der Waals surface area contributed by atoms with Gasteiger partial charge in [-0.15, -0.1) is 55.2 Å². The minimum Gasteiger partial charge on any atom is -0.663 e. The molecule has 14 heterocycles. The van der Waals surface area contributed by atoms with Gasteiger partial charge in [-0.05, 0) is 216 Å². The molecule has 0 aliphatic rings. The standard InChI is InChI=1S/2C23H14N3.4C21H13N2.3Zn/c2*1-3-11-19-15(7-1)17-9-5-13-21(22(17)25-19)26-20-12-4-2-8-16(20)18-10-6-14-24-23(18)26;2*1-2-10-19-15(7-1)16-12-11-14-6-5-8-17(20(14)21(16)23-19)18-9-3-4-13-22-18;2*1-2-7-15-14(6-1)16-8-5-9-18(19-10-3-4-12-22-19)20(16)21-17(15)11-13-23-21;;;/h2*1-14H;4*1-13H;;;/q6*-1;3*+2. The van der Waals surface area contributed by atoms with Crippen molar-refractivity contribution in [2.24, 2.45) is 0 Å². The summed E-state index contributed by atoms with van der Waals surface area (Å²) < 4.78 is 4.47. The topological polar surface area (TPSA) is 172 Å². The Morgan fingerprint density at radius 1 is 0.163 bits per heavy atom. The van der Waals surface area contributed by atoms with Gasteiger partial charge in [0.1, 0.15) is 11.3 Å². The third-order valence-corrected chi connectivity index (χ3v) is 27.9. The third kappa shape index (κ3) is 15.9. The van der Waals surface area contributed by atoms with E-state index in [-0.39, 0.29) is 58.4 Å². The zero-order valence-corrected chi connectivity index (χ0v) is 88.5. The van der Waals surface area contributed by atoms with Gasteiger partial charge in [0, 0.05) is 92.4 Å². The summed E-state index contributed by atoms with van der Waals surface area (Å²) in [5.74, 6) is 0. The summed E-state index contributed by atoms with van der Waals surface area (Å²) >= 11 is 0. The molecule has 17 heteroatoms. The largest absolute Gasteiger partial charge is 2.00 e. The molecule has 32 rings (SSSR count). The predicted molar refractivity (Wildman–Crippen MR) is 596 cm³/mol. The molecule has 0 bridgehead atoms. The Balaban J connectivity index is 0.0000000941. The molecule has 0 saturated heterocycles. The van der Waals surface area contributed by atoms with Crippen LogP contribution >= 0.6 is 0 Å². The van der Waals surface area contributed by atoms with Crippen LogP contribution in [-0.2, 0) is 58.4 Å². The second kappa shape index (κ2) is 39.1. The molecular formula is C130H80N14Zn3. The monoisotopic (exact) mass is 2030 g/mol. The summed E-state index contributed by atoms with van der Waals surface area (Å²) in [6.07, 6.45) is 14.8. The molecule has 0 aliphatic carbocycles. The van der Waals surface area contributed by atoms with E-state index in [0.29, 0.717) is 0 Å². The van der Waals surface area contributed by atoms with Crippen molar-refractivity contribution in [1.82, 2.24) is 68.9 Å². The molecule has 676 valence electrons. The van der Waals surface area contributed by atoms with E-state index in [0.717, 1.165) is 145 Å². The summed E-state index contributed by atoms with van der Waals surface area (Å²) in [6.45, 7) is 0. The maximum Gasteiger partial charge on any atom is 2.00 e. The summed E-state index contributed by atoms with van der Waals surface area (Å²) in [4.78, 5) is 56.5. The Morgan fingerprint density at radius 3 is 0.789 bits per heavy atom. The van der Waals surface area contributed by atoms with Crippen LogP contribution in [0.5, 0.6) is 0 Å². The molecule has 0 atom stereocenters. The first-order valence-corrected chi connectivity index (χ1v) is 48.2. The molecule has 0 fully saturated rings. The smallest absolute Gasteiger partial charge is 0.663 e. The predicted octanol–water partition coefficient (Wildman–Crippen LogP) is 31.5. The van der Waals surface area contributed by atoms with Crippen LogP contribution < -0.4 is 29.9 Å². The second-order valence-electron chi connectivity index (χ2n) is 35.9. The van der Waals surface area contributed by atoms with Crippen LogP contribution in [0.3, 0.4) is 0 Å². The number of fused-ring (bicyclic) bond motifs is 34. The Kier molecular flexibility index (Phi) is 24.4. The van der Waals surface area contributed by atoms with Crippen molar-refractivity contribution in [3.05, 3.63) is 486 Å². The van der Waals surface area contributed by atoms with Crippen molar-refractivity contribution in [3.63, 3.8) is 0 Å². The fraction of sp³-hybridized carbons (Fsp3) is 0. The minimum atomic E-state index is 0. The molecule has 0 unspecified atom stereocenters. The number of para-hydroxylation sites is 8. The zero-order valence-electron chi connectivity index (χ0n) is 79.6. The van der Waals surface area contributed by atoms with E-state index >= 15 is 0 Å². The molecular weight excluding hydrogens is 1950 g/mol. The summed E-state index contributed by atoms with van der Waals surface area (Å²) in [6, 6.07) is 151. The van der Waals surface area contributed by atoms with E-state index in [1.165, 1.54) is 129 Å². The number of nitrogens with zero attached hydrogens (tertiary/aromatic N) is 14. The molecule has 14 aromatic heterocycles. The molecule has 0 saturated carbocycles. The normalized spacial score (nSPS) is 11.4. The maximum atomic E-state index is 4.94. The number of hydrogen-bond donors (Lipinski definition) is 0. The van der Waals surface area contributed by atoms with Crippen molar-refractivity contribution in [1.29, 1.82) is 0 Å². The van der Waals surface area contributed by atoms with Gasteiger partial charge in [0.05, 0.1) is 33.8 Å². The van der Waals surface area contributed by atoms with Gasteiger partial charge in [-0.25, -0.2) is 9.97 Å². The number of benzene rings is 18. The molecule has 147 heavy (non-hydrogen) atoms. The van der Waals surface area contributed by atoms with Gasteiger partial charge >= 0.3 is 58.4 Å². The minimum absolute atomic E-state index is 0. The van der Waals surface area contributed by atoms with E-state index in [2.05, 4.69) is 391 Å². The molecule has 18 aromatic carbocycles. The molecule has 0 aliphatic heterocycles. The Morgan fingerprint density at radius 2 is 0.429 bits per heavy atom. The fourth-order valence-corrected chi connectivity index (χ4v) is 21.7. The first-order chi connectivity index (χ1) is 71.5. The zero-order chi connectivity index (χ0) is 95.1. The van der Waals surface area contributed by atoms with Crippen LogP contribution in [0.4, 0.5) is 0 Å². The van der Waals surface area contributed by atoms with Crippen LogP contribution in [0.15, 0.2) is 486 Å².